The second kappa shape index (κ2) is 14.8. The Morgan fingerprint density at radius 2 is 1.64 bits per heavy atom. The number of piperazine rings is 1. The maximum absolute atomic E-state index is 13.3. The molecular weight excluding hydrogens is 524 g/mol. The van der Waals surface area contributed by atoms with Gasteiger partial charge in [0.15, 0.2) is 0 Å². The Labute approximate surface area is 254 Å². The molecule has 0 radical (unpaired) electrons. The molecule has 1 aliphatic heterocycles. The fraction of sp³-hybridized carbons (Fsp3) is 0.714. The number of carbonyl (C=O) groups is 2. The van der Waals surface area contributed by atoms with Crippen molar-refractivity contribution in [2.24, 2.45) is 17.8 Å². The van der Waals surface area contributed by atoms with Crippen LogP contribution in [0, 0.1) is 17.8 Å². The second-order valence-electron chi connectivity index (χ2n) is 13.6. The highest BCUT2D eigenvalue weighted by Gasteiger charge is 2.51. The Kier molecular flexibility index (Phi) is 10.9. The van der Waals surface area contributed by atoms with Crippen LogP contribution in [0.15, 0.2) is 30.3 Å². The zero-order chi connectivity index (χ0) is 29.4. The molecule has 7 heteroatoms. The molecule has 0 atom stereocenters. The maximum Gasteiger partial charge on any atom is 0.317 e. The number of hydrogen-bond acceptors (Lipinski definition) is 4. The number of carbonyl (C=O) groups excluding carboxylic acids is 2. The summed E-state index contributed by atoms with van der Waals surface area (Å²) in [5, 5.41) is 3.55. The SMILES string of the molecule is CCCCCCCC(=O)N(CC=Cc1ccccc1OC)CCN1CCN(C(=O)NC23CC4CC(CC(C4)C2)C3)CC1. The van der Waals surface area contributed by atoms with Gasteiger partial charge >= 0.3 is 6.03 Å². The highest BCUT2D eigenvalue weighted by atomic mass is 16.5. The lowest BCUT2D eigenvalue weighted by Gasteiger charge is -2.57. The van der Waals surface area contributed by atoms with Gasteiger partial charge in [-0.3, -0.25) is 9.69 Å². The van der Waals surface area contributed by atoms with Crippen LogP contribution in [-0.2, 0) is 4.79 Å². The highest BCUT2D eigenvalue weighted by molar-refractivity contribution is 5.76. The van der Waals surface area contributed by atoms with Gasteiger partial charge in [0.05, 0.1) is 7.11 Å². The number of amides is 3. The van der Waals surface area contributed by atoms with Crippen LogP contribution in [0.3, 0.4) is 0 Å². The molecular formula is C35H54N4O3. The van der Waals surface area contributed by atoms with E-state index in [4.69, 9.17) is 4.74 Å². The van der Waals surface area contributed by atoms with E-state index in [1.165, 1.54) is 57.8 Å². The van der Waals surface area contributed by atoms with E-state index in [2.05, 4.69) is 29.3 Å². The Morgan fingerprint density at radius 3 is 2.31 bits per heavy atom. The molecule has 4 bridgehead atoms. The summed E-state index contributed by atoms with van der Waals surface area (Å²) in [6.45, 7) is 7.62. The summed E-state index contributed by atoms with van der Waals surface area (Å²) in [5.74, 6) is 3.58. The summed E-state index contributed by atoms with van der Waals surface area (Å²) >= 11 is 0. The van der Waals surface area contributed by atoms with Crippen molar-refractivity contribution in [3.05, 3.63) is 35.9 Å². The van der Waals surface area contributed by atoms with Crippen molar-refractivity contribution in [1.29, 1.82) is 0 Å². The van der Waals surface area contributed by atoms with Crippen LogP contribution in [0.1, 0.15) is 89.5 Å². The number of nitrogens with zero attached hydrogens (tertiary/aromatic N) is 3. The maximum atomic E-state index is 13.3. The van der Waals surface area contributed by atoms with Crippen molar-refractivity contribution in [2.75, 3.05) is 52.9 Å². The molecule has 3 amide bonds. The van der Waals surface area contributed by atoms with Crippen LogP contribution < -0.4 is 10.1 Å². The molecule has 5 fully saturated rings. The van der Waals surface area contributed by atoms with Crippen molar-refractivity contribution in [3.8, 4) is 5.75 Å². The van der Waals surface area contributed by atoms with Gasteiger partial charge in [-0.15, -0.1) is 0 Å². The van der Waals surface area contributed by atoms with E-state index >= 15 is 0 Å². The van der Waals surface area contributed by atoms with Crippen LogP contribution in [0.5, 0.6) is 5.75 Å². The van der Waals surface area contributed by atoms with Crippen molar-refractivity contribution >= 4 is 18.0 Å². The van der Waals surface area contributed by atoms with Gasteiger partial charge in [0.2, 0.25) is 5.91 Å². The lowest BCUT2D eigenvalue weighted by atomic mass is 9.53. The number of urea groups is 1. The summed E-state index contributed by atoms with van der Waals surface area (Å²) in [6.07, 6.45) is 18.3. The molecule has 1 heterocycles. The van der Waals surface area contributed by atoms with E-state index in [0.717, 1.165) is 74.6 Å². The molecule has 0 unspecified atom stereocenters. The summed E-state index contributed by atoms with van der Waals surface area (Å²) < 4.78 is 5.49. The minimum Gasteiger partial charge on any atom is -0.496 e. The average molecular weight is 579 g/mol. The molecule has 1 aromatic rings. The Morgan fingerprint density at radius 1 is 0.976 bits per heavy atom. The number of hydrogen-bond donors (Lipinski definition) is 1. The van der Waals surface area contributed by atoms with Gasteiger partial charge in [0.25, 0.3) is 0 Å². The molecule has 5 aliphatic rings. The molecule has 232 valence electrons. The summed E-state index contributed by atoms with van der Waals surface area (Å²) in [4.78, 5) is 33.0. The van der Waals surface area contributed by atoms with E-state index in [0.29, 0.717) is 19.5 Å². The van der Waals surface area contributed by atoms with Gasteiger partial charge in [0.1, 0.15) is 5.75 Å². The first-order valence-electron chi connectivity index (χ1n) is 16.8. The molecule has 7 nitrogen and oxygen atoms in total. The molecule has 1 saturated heterocycles. The summed E-state index contributed by atoms with van der Waals surface area (Å²) in [5.41, 5.74) is 1.09. The van der Waals surface area contributed by atoms with Gasteiger partial charge in [-0.2, -0.15) is 0 Å². The molecule has 0 spiro atoms. The van der Waals surface area contributed by atoms with Crippen molar-refractivity contribution in [2.45, 2.75) is 89.5 Å². The molecule has 1 aromatic carbocycles. The zero-order valence-corrected chi connectivity index (χ0v) is 26.2. The van der Waals surface area contributed by atoms with E-state index in [9.17, 15) is 9.59 Å². The molecule has 1 N–H and O–H groups in total. The third-order valence-corrected chi connectivity index (χ3v) is 10.4. The second-order valence-corrected chi connectivity index (χ2v) is 13.6. The minimum absolute atomic E-state index is 0.0671. The number of methoxy groups -OCH3 is 1. The first-order valence-corrected chi connectivity index (χ1v) is 16.8. The van der Waals surface area contributed by atoms with Crippen LogP contribution in [0.2, 0.25) is 0 Å². The van der Waals surface area contributed by atoms with Gasteiger partial charge in [-0.05, 0) is 68.8 Å². The number of para-hydroxylation sites is 1. The predicted molar refractivity (Wildman–Crippen MR) is 169 cm³/mol. The van der Waals surface area contributed by atoms with E-state index in [-0.39, 0.29) is 17.5 Å². The molecule has 0 aromatic heterocycles. The Hall–Kier alpha value is -2.54. The standard InChI is InChI=1S/C35H54N4O3/c1-3-4-5-6-7-14-33(40)38(15-10-12-31-11-8-9-13-32(31)42-2)19-16-37-17-20-39(21-18-37)34(41)36-35-25-28-22-29(26-35)24-30(23-28)27-35/h8-13,28-30H,3-7,14-27H2,1-2H3,(H,36,41). The van der Waals surface area contributed by atoms with Gasteiger partial charge in [-0.25, -0.2) is 4.79 Å². The first kappa shape index (κ1) is 30.9. The monoisotopic (exact) mass is 578 g/mol. The van der Waals surface area contributed by atoms with Crippen LogP contribution in [0.4, 0.5) is 4.79 Å². The fourth-order valence-corrected chi connectivity index (χ4v) is 8.47. The van der Waals surface area contributed by atoms with E-state index in [1.807, 2.05) is 34.1 Å². The highest BCUT2D eigenvalue weighted by Crippen LogP contribution is 2.55. The topological polar surface area (TPSA) is 65.1 Å². The number of ether oxygens (including phenoxy) is 1. The zero-order valence-electron chi connectivity index (χ0n) is 26.2. The molecule has 4 aliphatic carbocycles. The Bertz CT molecular complexity index is 1030. The third kappa shape index (κ3) is 8.09. The van der Waals surface area contributed by atoms with E-state index in [1.54, 1.807) is 7.11 Å². The van der Waals surface area contributed by atoms with Crippen LogP contribution in [0.25, 0.3) is 6.08 Å². The number of rotatable bonds is 14. The van der Waals surface area contributed by atoms with E-state index < -0.39 is 0 Å². The lowest BCUT2D eigenvalue weighted by molar-refractivity contribution is -0.131. The average Bonchev–Trinajstić information content (AvgIpc) is 2.98. The van der Waals surface area contributed by atoms with Crippen LogP contribution >= 0.6 is 0 Å². The van der Waals surface area contributed by atoms with Gasteiger partial charge in [-0.1, -0.05) is 63.0 Å². The van der Waals surface area contributed by atoms with Gasteiger partial charge < -0.3 is 19.9 Å². The number of unbranched alkanes of at least 4 members (excludes halogenated alkanes) is 4. The molecule has 6 rings (SSSR count). The normalized spacial score (nSPS) is 27.0. The first-order chi connectivity index (χ1) is 20.5. The smallest absolute Gasteiger partial charge is 0.317 e. The summed E-state index contributed by atoms with van der Waals surface area (Å²) in [6, 6.07) is 8.12. The van der Waals surface area contributed by atoms with Crippen molar-refractivity contribution in [3.63, 3.8) is 0 Å². The van der Waals surface area contributed by atoms with Crippen molar-refractivity contribution in [1.82, 2.24) is 20.0 Å². The van der Waals surface area contributed by atoms with Crippen LogP contribution in [-0.4, -0.2) is 85.1 Å². The lowest BCUT2D eigenvalue weighted by Crippen LogP contribution is -2.63. The summed E-state index contributed by atoms with van der Waals surface area (Å²) in [7, 11) is 1.69. The quantitative estimate of drug-likeness (QED) is 0.267. The largest absolute Gasteiger partial charge is 0.496 e. The van der Waals surface area contributed by atoms with Crippen molar-refractivity contribution < 1.29 is 14.3 Å². The third-order valence-electron chi connectivity index (χ3n) is 10.4. The predicted octanol–water partition coefficient (Wildman–Crippen LogP) is 6.19. The number of benzene rings is 1. The number of nitrogens with one attached hydrogen (secondary N) is 1. The molecule has 42 heavy (non-hydrogen) atoms. The van der Waals surface area contributed by atoms with Gasteiger partial charge in [0, 0.05) is 63.3 Å². The Balaban J connectivity index is 1.09. The fourth-order valence-electron chi connectivity index (χ4n) is 8.47. The minimum atomic E-state index is 0.0671. The molecule has 4 saturated carbocycles.